The molecule has 2 amide bonds. The van der Waals surface area contributed by atoms with Gasteiger partial charge in [0, 0.05) is 30.5 Å². The number of hydrogen-bond donors (Lipinski definition) is 2. The number of benzene rings is 1. The van der Waals surface area contributed by atoms with Gasteiger partial charge in [0.05, 0.1) is 12.0 Å². The first kappa shape index (κ1) is 16.4. The second-order valence-corrected chi connectivity index (χ2v) is 5.36. The van der Waals surface area contributed by atoms with Gasteiger partial charge in [-0.25, -0.2) is 9.78 Å². The number of aromatic nitrogens is 2. The number of carbonyl (C=O) groups excluding carboxylic acids is 1. The van der Waals surface area contributed by atoms with Crippen LogP contribution in [-0.4, -0.2) is 22.1 Å². The maximum Gasteiger partial charge on any atom is 0.319 e. The van der Waals surface area contributed by atoms with Crippen LogP contribution in [0.4, 0.5) is 10.5 Å². The topological polar surface area (TPSA) is 59.0 Å². The summed E-state index contributed by atoms with van der Waals surface area (Å²) >= 11 is 6.23. The molecule has 0 aliphatic carbocycles. The number of hydrogen-bond acceptors (Lipinski definition) is 2. The number of urea groups is 1. The number of nitrogens with one attached hydrogen (secondary N) is 2. The van der Waals surface area contributed by atoms with Gasteiger partial charge < -0.3 is 15.2 Å². The normalized spacial score (nSPS) is 10.5. The van der Waals surface area contributed by atoms with Crippen molar-refractivity contribution in [1.82, 2.24) is 14.9 Å². The Morgan fingerprint density at radius 1 is 1.32 bits per heavy atom. The number of amides is 2. The number of imidazole rings is 1. The van der Waals surface area contributed by atoms with E-state index >= 15 is 0 Å². The Balaban J connectivity index is 1.99. The Labute approximate surface area is 135 Å². The molecule has 1 aromatic heterocycles. The first-order chi connectivity index (χ1) is 10.7. The zero-order valence-electron chi connectivity index (χ0n) is 12.9. The van der Waals surface area contributed by atoms with Crippen LogP contribution in [0.25, 0.3) is 0 Å². The predicted octanol–water partition coefficient (Wildman–Crippen LogP) is 3.48. The molecule has 1 aromatic carbocycles. The lowest BCUT2D eigenvalue weighted by atomic mass is 10.0. The molecule has 0 spiro atoms. The summed E-state index contributed by atoms with van der Waals surface area (Å²) in [6.45, 7) is 5.31. The van der Waals surface area contributed by atoms with Crippen LogP contribution in [-0.2, 0) is 19.4 Å². The molecule has 5 nitrogen and oxygen atoms in total. The van der Waals surface area contributed by atoms with Crippen molar-refractivity contribution in [2.24, 2.45) is 0 Å². The van der Waals surface area contributed by atoms with Gasteiger partial charge >= 0.3 is 6.03 Å². The summed E-state index contributed by atoms with van der Waals surface area (Å²) in [6, 6.07) is 3.64. The molecule has 0 aliphatic rings. The third kappa shape index (κ3) is 4.01. The van der Waals surface area contributed by atoms with E-state index in [0.717, 1.165) is 29.7 Å². The number of aryl methyl sites for hydroxylation is 1. The van der Waals surface area contributed by atoms with Gasteiger partial charge in [0.15, 0.2) is 0 Å². The van der Waals surface area contributed by atoms with Crippen molar-refractivity contribution in [2.75, 3.05) is 11.9 Å². The highest BCUT2D eigenvalue weighted by Crippen LogP contribution is 2.29. The van der Waals surface area contributed by atoms with E-state index in [0.29, 0.717) is 18.1 Å². The Morgan fingerprint density at radius 3 is 2.77 bits per heavy atom. The summed E-state index contributed by atoms with van der Waals surface area (Å²) in [5.74, 6) is 0. The molecule has 6 heteroatoms. The summed E-state index contributed by atoms with van der Waals surface area (Å²) in [5.41, 5.74) is 2.90. The molecule has 2 rings (SSSR count). The maximum absolute atomic E-state index is 12.1. The van der Waals surface area contributed by atoms with Crippen LogP contribution in [0.3, 0.4) is 0 Å². The van der Waals surface area contributed by atoms with Gasteiger partial charge in [0.25, 0.3) is 0 Å². The fourth-order valence-electron chi connectivity index (χ4n) is 2.34. The van der Waals surface area contributed by atoms with Crippen molar-refractivity contribution in [3.63, 3.8) is 0 Å². The Hall–Kier alpha value is -2.01. The van der Waals surface area contributed by atoms with Crippen molar-refractivity contribution in [1.29, 1.82) is 0 Å². The first-order valence-electron chi connectivity index (χ1n) is 7.46. The van der Waals surface area contributed by atoms with Gasteiger partial charge in [0.2, 0.25) is 0 Å². The fourth-order valence-corrected chi connectivity index (χ4v) is 2.63. The highest BCUT2D eigenvalue weighted by molar-refractivity contribution is 6.31. The zero-order chi connectivity index (χ0) is 15.9. The third-order valence-electron chi connectivity index (χ3n) is 3.53. The molecule has 0 saturated heterocycles. The summed E-state index contributed by atoms with van der Waals surface area (Å²) in [5, 5.41) is 6.48. The number of carbonyl (C=O) groups is 1. The molecular weight excluding hydrogens is 300 g/mol. The second-order valence-electron chi connectivity index (χ2n) is 4.95. The van der Waals surface area contributed by atoms with Gasteiger partial charge in [-0.1, -0.05) is 31.5 Å². The van der Waals surface area contributed by atoms with E-state index in [1.54, 1.807) is 12.5 Å². The minimum absolute atomic E-state index is 0.216. The summed E-state index contributed by atoms with van der Waals surface area (Å²) in [7, 11) is 0. The molecule has 22 heavy (non-hydrogen) atoms. The van der Waals surface area contributed by atoms with Gasteiger partial charge in [-0.2, -0.15) is 0 Å². The van der Waals surface area contributed by atoms with E-state index in [1.165, 1.54) is 0 Å². The van der Waals surface area contributed by atoms with E-state index in [2.05, 4.69) is 22.5 Å². The number of nitrogens with zero attached hydrogens (tertiary/aromatic N) is 2. The number of halogens is 1. The number of rotatable bonds is 6. The van der Waals surface area contributed by atoms with Crippen LogP contribution in [0.15, 0.2) is 30.9 Å². The summed E-state index contributed by atoms with van der Waals surface area (Å²) in [4.78, 5) is 16.1. The van der Waals surface area contributed by atoms with Crippen molar-refractivity contribution in [3.05, 3.63) is 47.0 Å². The maximum atomic E-state index is 12.1. The van der Waals surface area contributed by atoms with E-state index in [9.17, 15) is 4.79 Å². The Morgan fingerprint density at radius 2 is 2.14 bits per heavy atom. The van der Waals surface area contributed by atoms with E-state index in [1.807, 2.05) is 29.8 Å². The predicted molar refractivity (Wildman–Crippen MR) is 89.5 cm³/mol. The average molecular weight is 321 g/mol. The van der Waals surface area contributed by atoms with Crippen LogP contribution in [0.5, 0.6) is 0 Å². The highest BCUT2D eigenvalue weighted by atomic mass is 35.5. The molecular formula is C16H21ClN4O. The number of anilines is 1. The average Bonchev–Trinajstić information content (AvgIpc) is 3.01. The van der Waals surface area contributed by atoms with Crippen molar-refractivity contribution >= 4 is 23.3 Å². The van der Waals surface area contributed by atoms with Crippen LogP contribution in [0.1, 0.15) is 25.0 Å². The lowest BCUT2D eigenvalue weighted by Gasteiger charge is -2.16. The van der Waals surface area contributed by atoms with E-state index < -0.39 is 0 Å². The first-order valence-corrected chi connectivity index (χ1v) is 7.84. The van der Waals surface area contributed by atoms with Crippen LogP contribution >= 0.6 is 11.6 Å². The van der Waals surface area contributed by atoms with Crippen LogP contribution < -0.4 is 10.6 Å². The molecule has 118 valence electrons. The minimum Gasteiger partial charge on any atom is -0.336 e. The quantitative estimate of drug-likeness (QED) is 0.856. The smallest absolute Gasteiger partial charge is 0.319 e. The Kier molecular flexibility index (Phi) is 5.83. The third-order valence-corrected chi connectivity index (χ3v) is 3.88. The van der Waals surface area contributed by atoms with Gasteiger partial charge in [-0.05, 0) is 30.0 Å². The fraction of sp³-hybridized carbons (Fsp3) is 0.375. The molecule has 0 unspecified atom stereocenters. The zero-order valence-corrected chi connectivity index (χ0v) is 13.7. The van der Waals surface area contributed by atoms with Crippen LogP contribution in [0, 0.1) is 0 Å². The van der Waals surface area contributed by atoms with Crippen molar-refractivity contribution in [2.45, 2.75) is 33.2 Å². The second kappa shape index (κ2) is 7.84. The SMILES string of the molecule is CCc1ccc(Cl)c(CC)c1NC(=O)NCCn1ccnc1. The largest absolute Gasteiger partial charge is 0.336 e. The molecule has 0 radical (unpaired) electrons. The van der Waals surface area contributed by atoms with Crippen molar-refractivity contribution < 1.29 is 4.79 Å². The van der Waals surface area contributed by atoms with Gasteiger partial charge in [0.1, 0.15) is 0 Å². The molecule has 0 fully saturated rings. The molecule has 1 heterocycles. The molecule has 0 aliphatic heterocycles. The molecule has 0 saturated carbocycles. The standard InChI is InChI=1S/C16H21ClN4O/c1-3-12-5-6-14(17)13(4-2)15(12)20-16(22)19-8-10-21-9-7-18-11-21/h5-7,9,11H,3-4,8,10H2,1-2H3,(H2,19,20,22). The monoisotopic (exact) mass is 320 g/mol. The molecule has 0 bridgehead atoms. The molecule has 2 aromatic rings. The molecule has 2 N–H and O–H groups in total. The molecule has 0 atom stereocenters. The minimum atomic E-state index is -0.216. The van der Waals surface area contributed by atoms with Gasteiger partial charge in [-0.3, -0.25) is 0 Å². The lowest BCUT2D eigenvalue weighted by molar-refractivity contribution is 0.251. The van der Waals surface area contributed by atoms with Crippen molar-refractivity contribution in [3.8, 4) is 0 Å². The lowest BCUT2D eigenvalue weighted by Crippen LogP contribution is -2.32. The Bertz CT molecular complexity index is 625. The summed E-state index contributed by atoms with van der Waals surface area (Å²) < 4.78 is 1.91. The van der Waals surface area contributed by atoms with Gasteiger partial charge in [-0.15, -0.1) is 0 Å². The van der Waals surface area contributed by atoms with Crippen LogP contribution in [0.2, 0.25) is 5.02 Å². The summed E-state index contributed by atoms with van der Waals surface area (Å²) in [6.07, 6.45) is 6.92. The van der Waals surface area contributed by atoms with E-state index in [-0.39, 0.29) is 6.03 Å². The van der Waals surface area contributed by atoms with E-state index in [4.69, 9.17) is 11.6 Å². The highest BCUT2D eigenvalue weighted by Gasteiger charge is 2.12.